The number of nitrogens with zero attached hydrogens (tertiary/aromatic N) is 1. The third-order valence-electron chi connectivity index (χ3n) is 4.19. The van der Waals surface area contributed by atoms with E-state index >= 15 is 0 Å². The van der Waals surface area contributed by atoms with Crippen LogP contribution in [0.25, 0.3) is 0 Å². The van der Waals surface area contributed by atoms with Crippen LogP contribution in [0.1, 0.15) is 46.0 Å². The van der Waals surface area contributed by atoms with E-state index in [2.05, 4.69) is 18.7 Å². The second-order valence-corrected chi connectivity index (χ2v) is 6.07. The summed E-state index contributed by atoms with van der Waals surface area (Å²) in [5.41, 5.74) is 0.0881. The Kier molecular flexibility index (Phi) is 4.21. The van der Waals surface area contributed by atoms with Crippen molar-refractivity contribution in [3.05, 3.63) is 0 Å². The molecule has 1 aliphatic carbocycles. The van der Waals surface area contributed by atoms with Gasteiger partial charge in [-0.05, 0) is 26.7 Å². The first-order chi connectivity index (χ1) is 8.09. The number of hydrogen-bond acceptors (Lipinski definition) is 3. The van der Waals surface area contributed by atoms with E-state index in [4.69, 9.17) is 4.74 Å². The Morgan fingerprint density at radius 2 is 2.18 bits per heavy atom. The molecular weight excluding hydrogens is 214 g/mol. The number of Topliss-reactive ketones (excluding diaryl/α,β-unsaturated/α-hetero) is 1. The highest BCUT2D eigenvalue weighted by Gasteiger charge is 2.33. The normalized spacial score (nSPS) is 31.2. The summed E-state index contributed by atoms with van der Waals surface area (Å²) in [6, 6.07) is 0. The van der Waals surface area contributed by atoms with E-state index < -0.39 is 0 Å². The van der Waals surface area contributed by atoms with Crippen molar-refractivity contribution in [2.24, 2.45) is 5.92 Å². The van der Waals surface area contributed by atoms with Gasteiger partial charge in [0.05, 0.1) is 13.2 Å². The van der Waals surface area contributed by atoms with Gasteiger partial charge in [0.15, 0.2) is 0 Å². The third kappa shape index (κ3) is 3.29. The van der Waals surface area contributed by atoms with E-state index in [0.717, 1.165) is 45.6 Å². The van der Waals surface area contributed by atoms with Crippen molar-refractivity contribution in [3.8, 4) is 0 Å². The van der Waals surface area contributed by atoms with Gasteiger partial charge in [0.1, 0.15) is 5.78 Å². The first-order valence-electron chi connectivity index (χ1n) is 6.95. The number of carbonyl (C=O) groups excluding carboxylic acids is 1. The Morgan fingerprint density at radius 1 is 1.35 bits per heavy atom. The number of rotatable bonds is 2. The van der Waals surface area contributed by atoms with Crippen molar-refractivity contribution >= 4 is 5.78 Å². The van der Waals surface area contributed by atoms with E-state index in [-0.39, 0.29) is 11.5 Å². The molecule has 1 saturated heterocycles. The molecule has 0 spiro atoms. The van der Waals surface area contributed by atoms with Crippen LogP contribution in [0.5, 0.6) is 0 Å². The van der Waals surface area contributed by atoms with Crippen LogP contribution in [0.3, 0.4) is 0 Å². The summed E-state index contributed by atoms with van der Waals surface area (Å²) in [4.78, 5) is 14.5. The van der Waals surface area contributed by atoms with Gasteiger partial charge in [-0.2, -0.15) is 0 Å². The fraction of sp³-hybridized carbons (Fsp3) is 0.929. The minimum absolute atomic E-state index is 0.0881. The van der Waals surface area contributed by atoms with Crippen LogP contribution >= 0.6 is 0 Å². The monoisotopic (exact) mass is 239 g/mol. The maximum atomic E-state index is 12.0. The summed E-state index contributed by atoms with van der Waals surface area (Å²) in [5.74, 6) is 0.764. The molecule has 98 valence electrons. The SMILES string of the molecule is CC1(C)COCCN1CC1CCCCCC1=O. The highest BCUT2D eigenvalue weighted by atomic mass is 16.5. The van der Waals surface area contributed by atoms with Crippen molar-refractivity contribution in [1.29, 1.82) is 0 Å². The Bertz CT molecular complexity index is 275. The zero-order valence-electron chi connectivity index (χ0n) is 11.2. The molecule has 0 aromatic rings. The first-order valence-corrected chi connectivity index (χ1v) is 6.95. The minimum atomic E-state index is 0.0881. The molecule has 1 heterocycles. The second-order valence-electron chi connectivity index (χ2n) is 6.07. The Hall–Kier alpha value is -0.410. The molecule has 3 heteroatoms. The van der Waals surface area contributed by atoms with Gasteiger partial charge in [0.25, 0.3) is 0 Å². The summed E-state index contributed by atoms with van der Waals surface area (Å²) in [5, 5.41) is 0. The van der Waals surface area contributed by atoms with Gasteiger partial charge in [0, 0.05) is 31.0 Å². The Balaban J connectivity index is 1.96. The molecule has 1 saturated carbocycles. The number of hydrogen-bond donors (Lipinski definition) is 0. The maximum absolute atomic E-state index is 12.0. The van der Waals surface area contributed by atoms with E-state index in [0.29, 0.717) is 5.78 Å². The lowest BCUT2D eigenvalue weighted by atomic mass is 9.94. The number of ether oxygens (including phenoxy) is 1. The predicted octanol–water partition coefficient (Wildman–Crippen LogP) is 2.25. The molecule has 2 fully saturated rings. The van der Waals surface area contributed by atoms with E-state index in [1.54, 1.807) is 0 Å². The van der Waals surface area contributed by atoms with Gasteiger partial charge in [-0.3, -0.25) is 9.69 Å². The quantitative estimate of drug-likeness (QED) is 0.692. The Morgan fingerprint density at radius 3 is 2.94 bits per heavy atom. The molecule has 0 aromatic carbocycles. The van der Waals surface area contributed by atoms with E-state index in [9.17, 15) is 4.79 Å². The van der Waals surface area contributed by atoms with Crippen molar-refractivity contribution in [2.45, 2.75) is 51.5 Å². The van der Waals surface area contributed by atoms with Gasteiger partial charge < -0.3 is 4.74 Å². The molecule has 3 nitrogen and oxygen atoms in total. The molecule has 0 radical (unpaired) electrons. The fourth-order valence-corrected chi connectivity index (χ4v) is 2.92. The molecule has 0 N–H and O–H groups in total. The highest BCUT2D eigenvalue weighted by molar-refractivity contribution is 5.81. The third-order valence-corrected chi connectivity index (χ3v) is 4.19. The van der Waals surface area contributed by atoms with Crippen molar-refractivity contribution in [1.82, 2.24) is 4.90 Å². The van der Waals surface area contributed by atoms with Gasteiger partial charge in [-0.15, -0.1) is 0 Å². The molecule has 1 atom stereocenters. The highest BCUT2D eigenvalue weighted by Crippen LogP contribution is 2.25. The van der Waals surface area contributed by atoms with Crippen LogP contribution < -0.4 is 0 Å². The predicted molar refractivity (Wildman–Crippen MR) is 68.1 cm³/mol. The van der Waals surface area contributed by atoms with Gasteiger partial charge in [0.2, 0.25) is 0 Å². The van der Waals surface area contributed by atoms with Crippen LogP contribution in [0.15, 0.2) is 0 Å². The standard InChI is InChI=1S/C14H25NO2/c1-14(2)11-17-9-8-15(14)10-12-6-4-3-5-7-13(12)16/h12H,3-11H2,1-2H3. The average Bonchev–Trinajstić information content (AvgIpc) is 2.47. The fourth-order valence-electron chi connectivity index (χ4n) is 2.92. The van der Waals surface area contributed by atoms with Crippen molar-refractivity contribution in [3.63, 3.8) is 0 Å². The average molecular weight is 239 g/mol. The molecule has 2 rings (SSSR count). The smallest absolute Gasteiger partial charge is 0.137 e. The molecule has 2 aliphatic rings. The summed E-state index contributed by atoms with van der Waals surface area (Å²) >= 11 is 0. The number of ketones is 1. The zero-order valence-corrected chi connectivity index (χ0v) is 11.2. The number of morpholine rings is 1. The lowest BCUT2D eigenvalue weighted by molar-refractivity contribution is -0.125. The lowest BCUT2D eigenvalue weighted by Gasteiger charge is -2.43. The van der Waals surface area contributed by atoms with E-state index in [1.165, 1.54) is 12.8 Å². The molecule has 0 bridgehead atoms. The van der Waals surface area contributed by atoms with Crippen molar-refractivity contribution in [2.75, 3.05) is 26.3 Å². The van der Waals surface area contributed by atoms with Crippen LogP contribution in [-0.4, -0.2) is 42.5 Å². The molecule has 0 aromatic heterocycles. The maximum Gasteiger partial charge on any atom is 0.137 e. The first kappa shape index (κ1) is 13.0. The molecular formula is C14H25NO2. The van der Waals surface area contributed by atoms with Crippen LogP contribution in [0, 0.1) is 5.92 Å². The topological polar surface area (TPSA) is 29.5 Å². The largest absolute Gasteiger partial charge is 0.378 e. The van der Waals surface area contributed by atoms with Gasteiger partial charge in [-0.25, -0.2) is 0 Å². The second kappa shape index (κ2) is 5.49. The lowest BCUT2D eigenvalue weighted by Crippen LogP contribution is -2.54. The zero-order chi connectivity index (χ0) is 12.3. The molecule has 17 heavy (non-hydrogen) atoms. The van der Waals surface area contributed by atoms with Crippen LogP contribution in [0.2, 0.25) is 0 Å². The summed E-state index contributed by atoms with van der Waals surface area (Å²) in [6.45, 7) is 7.94. The summed E-state index contributed by atoms with van der Waals surface area (Å²) in [7, 11) is 0. The number of carbonyl (C=O) groups is 1. The van der Waals surface area contributed by atoms with Gasteiger partial charge in [-0.1, -0.05) is 12.8 Å². The van der Waals surface area contributed by atoms with E-state index in [1.807, 2.05) is 0 Å². The van der Waals surface area contributed by atoms with Crippen LogP contribution in [-0.2, 0) is 9.53 Å². The Labute approximate surface area is 105 Å². The van der Waals surface area contributed by atoms with Crippen molar-refractivity contribution < 1.29 is 9.53 Å². The summed E-state index contributed by atoms with van der Waals surface area (Å²) < 4.78 is 5.53. The van der Waals surface area contributed by atoms with Gasteiger partial charge >= 0.3 is 0 Å². The minimum Gasteiger partial charge on any atom is -0.378 e. The molecule has 1 unspecified atom stereocenters. The van der Waals surface area contributed by atoms with Crippen LogP contribution in [0.4, 0.5) is 0 Å². The molecule has 1 aliphatic heterocycles. The summed E-state index contributed by atoms with van der Waals surface area (Å²) in [6.07, 6.45) is 5.44. The molecule has 0 amide bonds.